The van der Waals surface area contributed by atoms with E-state index in [4.69, 9.17) is 10.5 Å². The maximum Gasteiger partial charge on any atom is 0.261 e. The minimum Gasteiger partial charge on any atom is -0.496 e. The first-order valence-electron chi connectivity index (χ1n) is 6.43. The van der Waals surface area contributed by atoms with Crippen LogP contribution in [0, 0.1) is 6.92 Å². The largest absolute Gasteiger partial charge is 0.496 e. The summed E-state index contributed by atoms with van der Waals surface area (Å²) in [5.41, 5.74) is 7.65. The van der Waals surface area contributed by atoms with Gasteiger partial charge in [-0.05, 0) is 48.4 Å². The van der Waals surface area contributed by atoms with Crippen LogP contribution in [0.3, 0.4) is 0 Å². The number of ether oxygens (including phenoxy) is 1. The lowest BCUT2D eigenvalue weighted by atomic mass is 10.2. The molecule has 3 N–H and O–H groups in total. The summed E-state index contributed by atoms with van der Waals surface area (Å²) in [6.07, 6.45) is 0. The molecule has 0 heterocycles. The molecule has 0 fully saturated rings. The Bertz CT molecular complexity index is 742. The lowest BCUT2D eigenvalue weighted by Gasteiger charge is -2.11. The van der Waals surface area contributed by atoms with E-state index in [-0.39, 0.29) is 4.90 Å². The first-order valence-corrected chi connectivity index (χ1v) is 7.91. The number of rotatable bonds is 5. The van der Waals surface area contributed by atoms with Gasteiger partial charge in [-0.2, -0.15) is 0 Å². The molecule has 0 radical (unpaired) electrons. The highest BCUT2D eigenvalue weighted by atomic mass is 32.2. The molecule has 0 aliphatic carbocycles. The van der Waals surface area contributed by atoms with Crippen molar-refractivity contribution in [1.29, 1.82) is 0 Å². The van der Waals surface area contributed by atoms with E-state index in [0.29, 0.717) is 18.0 Å². The summed E-state index contributed by atoms with van der Waals surface area (Å²) in [6, 6.07) is 11.7. The van der Waals surface area contributed by atoms with Crippen LogP contribution in [-0.2, 0) is 16.6 Å². The van der Waals surface area contributed by atoms with E-state index in [0.717, 1.165) is 11.1 Å². The van der Waals surface area contributed by atoms with Crippen molar-refractivity contribution in [2.24, 2.45) is 5.73 Å². The molecule has 2 aromatic carbocycles. The molecule has 0 atom stereocenters. The van der Waals surface area contributed by atoms with E-state index >= 15 is 0 Å². The van der Waals surface area contributed by atoms with Crippen LogP contribution in [-0.4, -0.2) is 15.5 Å². The predicted molar refractivity (Wildman–Crippen MR) is 82.9 cm³/mol. The zero-order chi connectivity index (χ0) is 15.5. The first kappa shape index (κ1) is 15.3. The smallest absolute Gasteiger partial charge is 0.261 e. The highest BCUT2D eigenvalue weighted by molar-refractivity contribution is 7.92. The number of hydrogen-bond acceptors (Lipinski definition) is 4. The molecule has 0 spiro atoms. The van der Waals surface area contributed by atoms with Gasteiger partial charge in [0.2, 0.25) is 0 Å². The van der Waals surface area contributed by atoms with Gasteiger partial charge in [-0.1, -0.05) is 12.1 Å². The number of nitrogens with two attached hydrogens (primary N) is 1. The number of benzene rings is 2. The minimum absolute atomic E-state index is 0.193. The topological polar surface area (TPSA) is 81.4 Å². The van der Waals surface area contributed by atoms with Gasteiger partial charge in [0.25, 0.3) is 10.0 Å². The third-order valence-corrected chi connectivity index (χ3v) is 4.47. The number of hydrogen-bond donors (Lipinski definition) is 2. The molecular weight excluding hydrogens is 288 g/mol. The monoisotopic (exact) mass is 306 g/mol. The number of aryl methyl sites for hydroxylation is 1. The molecule has 21 heavy (non-hydrogen) atoms. The van der Waals surface area contributed by atoms with Crippen LogP contribution in [0.15, 0.2) is 47.4 Å². The molecular formula is C15H18N2O3S. The van der Waals surface area contributed by atoms with Crippen molar-refractivity contribution < 1.29 is 13.2 Å². The van der Waals surface area contributed by atoms with E-state index < -0.39 is 10.0 Å². The molecule has 0 unspecified atom stereocenters. The lowest BCUT2D eigenvalue weighted by Crippen LogP contribution is -2.13. The van der Waals surface area contributed by atoms with Crippen LogP contribution in [0.4, 0.5) is 5.69 Å². The van der Waals surface area contributed by atoms with Gasteiger partial charge in [0.05, 0.1) is 12.0 Å². The van der Waals surface area contributed by atoms with Gasteiger partial charge in [-0.15, -0.1) is 0 Å². The summed E-state index contributed by atoms with van der Waals surface area (Å²) in [4.78, 5) is 0.193. The van der Waals surface area contributed by atoms with Gasteiger partial charge in [0.15, 0.2) is 0 Å². The summed E-state index contributed by atoms with van der Waals surface area (Å²) >= 11 is 0. The molecule has 5 nitrogen and oxygen atoms in total. The van der Waals surface area contributed by atoms with Crippen LogP contribution in [0.2, 0.25) is 0 Å². The molecule has 0 amide bonds. The van der Waals surface area contributed by atoms with Gasteiger partial charge in [-0.3, -0.25) is 4.72 Å². The van der Waals surface area contributed by atoms with Crippen LogP contribution in [0.25, 0.3) is 0 Å². The number of sulfonamides is 1. The molecule has 0 saturated carbocycles. The van der Waals surface area contributed by atoms with Crippen molar-refractivity contribution >= 4 is 15.7 Å². The maximum absolute atomic E-state index is 12.4. The Labute approximate surface area is 124 Å². The van der Waals surface area contributed by atoms with Crippen molar-refractivity contribution in [3.8, 4) is 5.75 Å². The average Bonchev–Trinajstić information content (AvgIpc) is 2.47. The van der Waals surface area contributed by atoms with E-state index in [1.54, 1.807) is 43.5 Å². The molecule has 0 aliphatic rings. The Balaban J connectivity index is 2.30. The second-order valence-corrected chi connectivity index (χ2v) is 6.32. The Kier molecular flexibility index (Phi) is 4.50. The van der Waals surface area contributed by atoms with Crippen molar-refractivity contribution in [3.63, 3.8) is 0 Å². The predicted octanol–water partition coefficient (Wildman–Crippen LogP) is 2.26. The van der Waals surface area contributed by atoms with Crippen LogP contribution >= 0.6 is 0 Å². The first-order chi connectivity index (χ1) is 9.96. The van der Waals surface area contributed by atoms with E-state index in [1.807, 2.05) is 6.92 Å². The van der Waals surface area contributed by atoms with Gasteiger partial charge in [0, 0.05) is 12.2 Å². The number of methoxy groups -OCH3 is 1. The normalized spacial score (nSPS) is 11.2. The fraction of sp³-hybridized carbons (Fsp3) is 0.200. The molecule has 6 heteroatoms. The Morgan fingerprint density at radius 3 is 2.57 bits per heavy atom. The fourth-order valence-electron chi connectivity index (χ4n) is 2.00. The van der Waals surface area contributed by atoms with E-state index in [2.05, 4.69) is 4.72 Å². The Morgan fingerprint density at radius 1 is 1.19 bits per heavy atom. The lowest BCUT2D eigenvalue weighted by molar-refractivity contribution is 0.412. The Hall–Kier alpha value is -2.05. The maximum atomic E-state index is 12.4. The highest BCUT2D eigenvalue weighted by Gasteiger charge is 2.15. The quantitative estimate of drug-likeness (QED) is 0.888. The van der Waals surface area contributed by atoms with Crippen LogP contribution < -0.4 is 15.2 Å². The molecule has 0 aromatic heterocycles. The molecule has 0 bridgehead atoms. The van der Waals surface area contributed by atoms with E-state index in [9.17, 15) is 8.42 Å². The van der Waals surface area contributed by atoms with Gasteiger partial charge < -0.3 is 10.5 Å². The molecule has 2 aromatic rings. The summed E-state index contributed by atoms with van der Waals surface area (Å²) in [7, 11) is -2.05. The van der Waals surface area contributed by atoms with Crippen molar-refractivity contribution in [2.45, 2.75) is 18.4 Å². The second kappa shape index (κ2) is 6.15. The van der Waals surface area contributed by atoms with Gasteiger partial charge >= 0.3 is 0 Å². The number of nitrogens with one attached hydrogen (secondary N) is 1. The van der Waals surface area contributed by atoms with Gasteiger partial charge in [0.1, 0.15) is 5.75 Å². The zero-order valence-electron chi connectivity index (χ0n) is 12.0. The zero-order valence-corrected chi connectivity index (χ0v) is 12.8. The van der Waals surface area contributed by atoms with Gasteiger partial charge in [-0.25, -0.2) is 8.42 Å². The van der Waals surface area contributed by atoms with Crippen molar-refractivity contribution in [3.05, 3.63) is 53.6 Å². The average molecular weight is 306 g/mol. The second-order valence-electron chi connectivity index (χ2n) is 4.64. The van der Waals surface area contributed by atoms with Crippen molar-refractivity contribution in [1.82, 2.24) is 0 Å². The standard InChI is InChI=1S/C15H18N2O3S/c1-11-8-13(6-7-15(11)20-2)17-21(18,19)14-5-3-4-12(9-14)10-16/h3-9,17H,10,16H2,1-2H3. The third kappa shape index (κ3) is 3.53. The van der Waals surface area contributed by atoms with Crippen LogP contribution in [0.5, 0.6) is 5.75 Å². The minimum atomic E-state index is -3.63. The third-order valence-electron chi connectivity index (χ3n) is 3.09. The van der Waals surface area contributed by atoms with Crippen LogP contribution in [0.1, 0.15) is 11.1 Å². The molecule has 0 aliphatic heterocycles. The Morgan fingerprint density at radius 2 is 1.95 bits per heavy atom. The summed E-state index contributed by atoms with van der Waals surface area (Å²) in [6.45, 7) is 2.15. The number of anilines is 1. The summed E-state index contributed by atoms with van der Waals surface area (Å²) < 4.78 is 32.4. The SMILES string of the molecule is COc1ccc(NS(=O)(=O)c2cccc(CN)c2)cc1C. The van der Waals surface area contributed by atoms with Crippen molar-refractivity contribution in [2.75, 3.05) is 11.8 Å². The van der Waals surface area contributed by atoms with E-state index in [1.165, 1.54) is 6.07 Å². The molecule has 0 saturated heterocycles. The fourth-order valence-corrected chi connectivity index (χ4v) is 3.11. The summed E-state index contributed by atoms with van der Waals surface area (Å²) in [5, 5.41) is 0. The molecule has 2 rings (SSSR count). The summed E-state index contributed by atoms with van der Waals surface area (Å²) in [5.74, 6) is 0.711. The molecule has 112 valence electrons. The highest BCUT2D eigenvalue weighted by Crippen LogP contribution is 2.23.